The lowest BCUT2D eigenvalue weighted by Crippen LogP contribution is -2.45. The van der Waals surface area contributed by atoms with Gasteiger partial charge in [0.05, 0.1) is 10.4 Å². The average Bonchev–Trinajstić information content (AvgIpc) is 3.15. The Morgan fingerprint density at radius 3 is 2.03 bits per heavy atom. The van der Waals surface area contributed by atoms with Crippen LogP contribution >= 0.6 is 0 Å². The number of fused-ring (bicyclic) bond motifs is 1. The van der Waals surface area contributed by atoms with Crippen molar-refractivity contribution in [1.29, 1.82) is 0 Å². The van der Waals surface area contributed by atoms with Crippen LogP contribution in [0.15, 0.2) is 78.9 Å². The lowest BCUT2D eigenvalue weighted by Gasteiger charge is -2.22. The summed E-state index contributed by atoms with van der Waals surface area (Å²) in [6.45, 7) is 6.42. The van der Waals surface area contributed by atoms with Crippen molar-refractivity contribution in [2.45, 2.75) is 32.9 Å². The second-order valence-electron chi connectivity index (χ2n) is 8.35. The fourth-order valence-electron chi connectivity index (χ4n) is 3.62. The van der Waals surface area contributed by atoms with E-state index in [9.17, 15) is 10.1 Å². The maximum atomic E-state index is 11.6. The summed E-state index contributed by atoms with van der Waals surface area (Å²) >= 11 is 0. The van der Waals surface area contributed by atoms with Gasteiger partial charge in [-0.2, -0.15) is 0 Å². The molecule has 4 aromatic rings. The highest BCUT2D eigenvalue weighted by molar-refractivity contribution is 6.79. The fraction of sp³-hybridized carbons (Fsp3) is 0.208. The van der Waals surface area contributed by atoms with E-state index in [0.717, 1.165) is 16.2 Å². The van der Waals surface area contributed by atoms with Gasteiger partial charge in [-0.05, 0) is 16.4 Å². The van der Waals surface area contributed by atoms with Crippen LogP contribution in [-0.2, 0) is 16.6 Å². The van der Waals surface area contributed by atoms with Gasteiger partial charge >= 0.3 is 0 Å². The van der Waals surface area contributed by atoms with Crippen molar-refractivity contribution in [3.8, 4) is 0 Å². The van der Waals surface area contributed by atoms with E-state index in [1.807, 2.05) is 47.0 Å². The molecule has 0 aliphatic heterocycles. The normalized spacial score (nSPS) is 11.9. The topological polar surface area (TPSA) is 70.2 Å². The van der Waals surface area contributed by atoms with Gasteiger partial charge in [0.25, 0.3) is 14.7 Å². The minimum absolute atomic E-state index is 0.0124. The zero-order chi connectivity index (χ0) is 22.0. The lowest BCUT2D eigenvalue weighted by atomic mass is 9.96. The molecule has 0 N–H and O–H groups in total. The molecule has 7 heteroatoms. The Morgan fingerprint density at radius 1 is 0.935 bits per heavy atom. The van der Waals surface area contributed by atoms with E-state index >= 15 is 0 Å². The van der Waals surface area contributed by atoms with Crippen LogP contribution in [0.4, 0.5) is 5.69 Å². The second kappa shape index (κ2) is 8.45. The molecule has 1 aromatic heterocycles. The van der Waals surface area contributed by atoms with Crippen LogP contribution in [0.25, 0.3) is 11.0 Å². The number of nitro groups is 1. The number of benzene rings is 3. The van der Waals surface area contributed by atoms with Gasteiger partial charge in [-0.3, -0.25) is 10.1 Å². The Balaban J connectivity index is 1.78. The van der Waals surface area contributed by atoms with Crippen molar-refractivity contribution in [3.05, 3.63) is 94.8 Å². The zero-order valence-corrected chi connectivity index (χ0v) is 18.8. The molecule has 0 saturated heterocycles. The van der Waals surface area contributed by atoms with Gasteiger partial charge in [0.1, 0.15) is 12.6 Å². The van der Waals surface area contributed by atoms with Gasteiger partial charge in [-0.25, -0.2) is 4.98 Å². The third kappa shape index (κ3) is 4.28. The highest BCUT2D eigenvalue weighted by Crippen LogP contribution is 2.31. The molecule has 0 spiro atoms. The quantitative estimate of drug-likeness (QED) is 0.263. The number of hydrogen-bond donors (Lipinski definition) is 0. The SMILES string of the molecule is CC(C)(C)c1nc2c([N+](=O)[O-])cccc2n1CO[Si](c1ccccc1)c1ccccc1. The summed E-state index contributed by atoms with van der Waals surface area (Å²) in [6, 6.07) is 25.5. The van der Waals surface area contributed by atoms with Crippen molar-refractivity contribution in [3.63, 3.8) is 0 Å². The average molecular weight is 431 g/mol. The van der Waals surface area contributed by atoms with Gasteiger partial charge in [0.2, 0.25) is 0 Å². The molecule has 6 nitrogen and oxygen atoms in total. The molecule has 0 unspecified atom stereocenters. The van der Waals surface area contributed by atoms with Crippen LogP contribution in [0.5, 0.6) is 0 Å². The predicted molar refractivity (Wildman–Crippen MR) is 124 cm³/mol. The summed E-state index contributed by atoms with van der Waals surface area (Å²) in [5.41, 5.74) is 0.817. The van der Waals surface area contributed by atoms with Crippen LogP contribution in [0, 0.1) is 10.1 Å². The number of nitro benzene ring substituents is 1. The first-order valence-corrected chi connectivity index (χ1v) is 11.5. The Labute approximate surface area is 183 Å². The number of rotatable bonds is 6. The number of hydrogen-bond acceptors (Lipinski definition) is 4. The number of imidazole rings is 1. The molecular formula is C24H24N3O3Si. The first-order valence-electron chi connectivity index (χ1n) is 10.1. The molecule has 0 atom stereocenters. The Morgan fingerprint density at radius 2 is 1.52 bits per heavy atom. The minimum atomic E-state index is -1.51. The Bertz CT molecular complexity index is 1160. The van der Waals surface area contributed by atoms with Crippen LogP contribution in [0.2, 0.25) is 0 Å². The number of aromatic nitrogens is 2. The van der Waals surface area contributed by atoms with E-state index in [-0.39, 0.29) is 22.8 Å². The third-order valence-electron chi connectivity index (χ3n) is 5.04. The maximum absolute atomic E-state index is 11.6. The fourth-order valence-corrected chi connectivity index (χ4v) is 5.54. The second-order valence-corrected chi connectivity index (χ2v) is 10.5. The molecular weight excluding hydrogens is 406 g/mol. The highest BCUT2D eigenvalue weighted by atomic mass is 28.3. The van der Waals surface area contributed by atoms with Gasteiger partial charge in [-0.15, -0.1) is 0 Å². The van der Waals surface area contributed by atoms with E-state index in [4.69, 9.17) is 4.43 Å². The van der Waals surface area contributed by atoms with Gasteiger partial charge in [0.15, 0.2) is 5.52 Å². The summed E-state index contributed by atoms with van der Waals surface area (Å²) in [7, 11) is -1.51. The molecule has 1 radical (unpaired) electrons. The standard InChI is InChI=1S/C24H24N3O3Si/c1-24(2,3)23-25-22-20(15-10-16-21(22)27(28)29)26(23)17-30-31(18-11-6-4-7-12-18)19-13-8-5-9-14-19/h4-16H,17H2,1-3H3. The Kier molecular flexibility index (Phi) is 5.71. The van der Waals surface area contributed by atoms with Crippen LogP contribution in [0.1, 0.15) is 26.6 Å². The van der Waals surface area contributed by atoms with Crippen LogP contribution < -0.4 is 10.4 Å². The molecule has 0 bridgehead atoms. The van der Waals surface area contributed by atoms with E-state index < -0.39 is 9.04 Å². The summed E-state index contributed by atoms with van der Waals surface area (Å²) in [5.74, 6) is 0.763. The number of non-ortho nitro benzene ring substituents is 1. The lowest BCUT2D eigenvalue weighted by molar-refractivity contribution is -0.383. The first kappa shape index (κ1) is 21.0. The van der Waals surface area contributed by atoms with Crippen LogP contribution in [-0.4, -0.2) is 23.5 Å². The molecule has 3 aromatic carbocycles. The molecule has 157 valence electrons. The summed E-state index contributed by atoms with van der Waals surface area (Å²) < 4.78 is 8.53. The molecule has 4 rings (SSSR count). The highest BCUT2D eigenvalue weighted by Gasteiger charge is 2.28. The van der Waals surface area contributed by atoms with E-state index in [0.29, 0.717) is 11.0 Å². The van der Waals surface area contributed by atoms with E-state index in [1.54, 1.807) is 6.07 Å². The predicted octanol–water partition coefficient (Wildman–Crippen LogP) is 4.02. The molecule has 1 heterocycles. The van der Waals surface area contributed by atoms with Gasteiger partial charge in [-0.1, -0.05) is 87.5 Å². The molecule has 31 heavy (non-hydrogen) atoms. The number of para-hydroxylation sites is 1. The van der Waals surface area contributed by atoms with E-state index in [2.05, 4.69) is 50.0 Å². The monoisotopic (exact) mass is 430 g/mol. The molecule has 0 aliphatic rings. The van der Waals surface area contributed by atoms with Crippen molar-refractivity contribution >= 4 is 36.1 Å². The zero-order valence-electron chi connectivity index (χ0n) is 17.8. The largest absolute Gasteiger partial charge is 0.389 e. The minimum Gasteiger partial charge on any atom is -0.389 e. The third-order valence-corrected chi connectivity index (χ3v) is 7.17. The molecule has 0 fully saturated rings. The van der Waals surface area contributed by atoms with Crippen molar-refractivity contribution in [2.75, 3.05) is 0 Å². The van der Waals surface area contributed by atoms with Gasteiger partial charge < -0.3 is 8.99 Å². The van der Waals surface area contributed by atoms with Crippen molar-refractivity contribution < 1.29 is 9.35 Å². The molecule has 0 aliphatic carbocycles. The summed E-state index contributed by atoms with van der Waals surface area (Å²) in [4.78, 5) is 15.9. The smallest absolute Gasteiger partial charge is 0.297 e. The summed E-state index contributed by atoms with van der Waals surface area (Å²) in [6.07, 6.45) is 0. The van der Waals surface area contributed by atoms with E-state index in [1.165, 1.54) is 6.07 Å². The summed E-state index contributed by atoms with van der Waals surface area (Å²) in [5, 5.41) is 13.8. The van der Waals surface area contributed by atoms with Crippen molar-refractivity contribution in [1.82, 2.24) is 9.55 Å². The molecule has 0 saturated carbocycles. The Hall–Kier alpha value is -3.29. The number of nitrogens with zero attached hydrogens (tertiary/aromatic N) is 3. The first-order chi connectivity index (χ1) is 14.9. The van der Waals surface area contributed by atoms with Gasteiger partial charge in [0, 0.05) is 11.5 Å². The van der Waals surface area contributed by atoms with Crippen molar-refractivity contribution in [2.24, 2.45) is 0 Å². The maximum Gasteiger partial charge on any atom is 0.297 e. The molecule has 0 amide bonds. The van der Waals surface area contributed by atoms with Crippen LogP contribution in [0.3, 0.4) is 0 Å².